The summed E-state index contributed by atoms with van der Waals surface area (Å²) in [7, 11) is 0. The summed E-state index contributed by atoms with van der Waals surface area (Å²) in [6, 6.07) is 6.68. The van der Waals surface area contributed by atoms with Gasteiger partial charge in [0.1, 0.15) is 0 Å². The fourth-order valence-electron chi connectivity index (χ4n) is 3.49. The maximum Gasteiger partial charge on any atom is 0.0909 e. The third-order valence-electron chi connectivity index (χ3n) is 4.82. The van der Waals surface area contributed by atoms with Crippen molar-refractivity contribution in [2.24, 2.45) is 0 Å². The van der Waals surface area contributed by atoms with E-state index in [1.807, 2.05) is 0 Å². The van der Waals surface area contributed by atoms with Crippen LogP contribution in [0.2, 0.25) is 0 Å². The van der Waals surface area contributed by atoms with Gasteiger partial charge in [0.05, 0.1) is 5.60 Å². The van der Waals surface area contributed by atoms with Gasteiger partial charge in [0.15, 0.2) is 0 Å². The summed E-state index contributed by atoms with van der Waals surface area (Å²) in [5.41, 5.74) is 3.54. The van der Waals surface area contributed by atoms with E-state index < -0.39 is 5.60 Å². The van der Waals surface area contributed by atoms with Gasteiger partial charge >= 0.3 is 0 Å². The number of nitrogens with one attached hydrogen (secondary N) is 1. The van der Waals surface area contributed by atoms with Crippen molar-refractivity contribution in [3.05, 3.63) is 29.3 Å². The van der Waals surface area contributed by atoms with Crippen molar-refractivity contribution in [1.82, 2.24) is 10.2 Å². The predicted octanol–water partition coefficient (Wildman–Crippen LogP) is 1.99. The van der Waals surface area contributed by atoms with Crippen molar-refractivity contribution in [3.8, 4) is 0 Å². The summed E-state index contributed by atoms with van der Waals surface area (Å²) >= 11 is 0. The highest BCUT2D eigenvalue weighted by Crippen LogP contribution is 2.24. The zero-order valence-corrected chi connectivity index (χ0v) is 15.7. The number of nitrogens with zero attached hydrogens (tertiary/aromatic N) is 2. The molecule has 0 aliphatic carbocycles. The summed E-state index contributed by atoms with van der Waals surface area (Å²) in [4.78, 5) is 4.89. The lowest BCUT2D eigenvalue weighted by atomic mass is 10.0. The van der Waals surface area contributed by atoms with Gasteiger partial charge in [0.25, 0.3) is 0 Å². The smallest absolute Gasteiger partial charge is 0.0909 e. The van der Waals surface area contributed by atoms with Crippen molar-refractivity contribution in [2.45, 2.75) is 25.9 Å². The number of rotatable bonds is 3. The molecule has 0 spiro atoms. The number of hydrogen-bond acceptors (Lipinski definition) is 4. The Kier molecular flexibility index (Phi) is 7.62. The Morgan fingerprint density at radius 1 is 1.13 bits per heavy atom. The van der Waals surface area contributed by atoms with E-state index in [9.17, 15) is 5.11 Å². The third kappa shape index (κ3) is 4.97. The standard InChI is InChI=1S/C17H27N3O.2ClH/c1-14-3-4-15(2)16(11-14)20-9-7-19(8-10-20)13-17(21)5-6-18-12-17;;/h3-4,11,18,21H,5-10,12-13H2,1-2H3;2*1H. The van der Waals surface area contributed by atoms with Crippen LogP contribution in [0.25, 0.3) is 0 Å². The molecule has 0 amide bonds. The molecule has 0 bridgehead atoms. The first-order valence-electron chi connectivity index (χ1n) is 8.03. The maximum absolute atomic E-state index is 10.5. The lowest BCUT2D eigenvalue weighted by Gasteiger charge is -2.39. The first-order chi connectivity index (χ1) is 10.1. The Morgan fingerprint density at radius 3 is 2.43 bits per heavy atom. The molecule has 2 saturated heterocycles. The van der Waals surface area contributed by atoms with Crippen LogP contribution in [0.4, 0.5) is 5.69 Å². The van der Waals surface area contributed by atoms with Crippen molar-refractivity contribution in [1.29, 1.82) is 0 Å². The number of piperazine rings is 1. The third-order valence-corrected chi connectivity index (χ3v) is 4.82. The van der Waals surface area contributed by atoms with E-state index in [0.717, 1.165) is 52.2 Å². The van der Waals surface area contributed by atoms with Crippen LogP contribution in [0.3, 0.4) is 0 Å². The molecule has 23 heavy (non-hydrogen) atoms. The molecule has 1 unspecified atom stereocenters. The summed E-state index contributed by atoms with van der Waals surface area (Å²) < 4.78 is 0. The molecule has 2 N–H and O–H groups in total. The van der Waals surface area contributed by atoms with Gasteiger partial charge < -0.3 is 15.3 Å². The highest BCUT2D eigenvalue weighted by Gasteiger charge is 2.34. The maximum atomic E-state index is 10.5. The van der Waals surface area contributed by atoms with E-state index >= 15 is 0 Å². The van der Waals surface area contributed by atoms with Gasteiger partial charge in [0, 0.05) is 45.0 Å². The molecule has 2 fully saturated rings. The predicted molar refractivity (Wildman–Crippen MR) is 102 cm³/mol. The number of halogens is 2. The second kappa shape index (κ2) is 8.54. The molecule has 0 radical (unpaired) electrons. The SMILES string of the molecule is Cc1ccc(C)c(N2CCN(CC3(O)CCNC3)CC2)c1.Cl.Cl. The molecule has 2 aliphatic rings. The monoisotopic (exact) mass is 361 g/mol. The largest absolute Gasteiger partial charge is 0.387 e. The molecule has 0 aromatic heterocycles. The minimum Gasteiger partial charge on any atom is -0.387 e. The van der Waals surface area contributed by atoms with Crippen LogP contribution in [-0.4, -0.2) is 61.4 Å². The Hall–Kier alpha value is -0.520. The lowest BCUT2D eigenvalue weighted by molar-refractivity contribution is 0.0193. The number of aryl methyl sites for hydroxylation is 2. The second-order valence-electron chi connectivity index (χ2n) is 6.70. The Morgan fingerprint density at radius 2 is 1.83 bits per heavy atom. The zero-order valence-electron chi connectivity index (χ0n) is 14.0. The second-order valence-corrected chi connectivity index (χ2v) is 6.70. The molecule has 1 aromatic rings. The molecule has 1 aromatic carbocycles. The van der Waals surface area contributed by atoms with Gasteiger partial charge in [-0.3, -0.25) is 4.90 Å². The van der Waals surface area contributed by atoms with E-state index in [4.69, 9.17) is 0 Å². The van der Waals surface area contributed by atoms with Crippen LogP contribution in [-0.2, 0) is 0 Å². The van der Waals surface area contributed by atoms with Gasteiger partial charge in [-0.25, -0.2) is 0 Å². The van der Waals surface area contributed by atoms with Crippen LogP contribution in [0.1, 0.15) is 17.5 Å². The Balaban J connectivity index is 0.00000132. The fourth-order valence-corrected chi connectivity index (χ4v) is 3.49. The van der Waals surface area contributed by atoms with Crippen LogP contribution in [0.15, 0.2) is 18.2 Å². The van der Waals surface area contributed by atoms with Crippen LogP contribution < -0.4 is 10.2 Å². The van der Waals surface area contributed by atoms with E-state index in [0.29, 0.717) is 0 Å². The van der Waals surface area contributed by atoms with Crippen molar-refractivity contribution in [2.75, 3.05) is 50.7 Å². The normalized spacial score (nSPS) is 24.9. The van der Waals surface area contributed by atoms with Gasteiger partial charge in [-0.15, -0.1) is 24.8 Å². The van der Waals surface area contributed by atoms with Crippen molar-refractivity contribution >= 4 is 30.5 Å². The summed E-state index contributed by atoms with van der Waals surface area (Å²) in [5.74, 6) is 0. The number of benzene rings is 1. The van der Waals surface area contributed by atoms with Crippen molar-refractivity contribution in [3.63, 3.8) is 0 Å². The average molecular weight is 362 g/mol. The Labute approximate surface area is 152 Å². The molecule has 6 heteroatoms. The topological polar surface area (TPSA) is 38.7 Å². The van der Waals surface area contributed by atoms with E-state index in [2.05, 4.69) is 47.2 Å². The van der Waals surface area contributed by atoms with Gasteiger partial charge in [-0.1, -0.05) is 12.1 Å². The Bertz CT molecular complexity index is 499. The minimum atomic E-state index is -0.512. The summed E-state index contributed by atoms with van der Waals surface area (Å²) in [6.45, 7) is 11.0. The van der Waals surface area contributed by atoms with E-state index in [-0.39, 0.29) is 24.8 Å². The summed E-state index contributed by atoms with van der Waals surface area (Å²) in [5, 5.41) is 13.8. The fraction of sp³-hybridized carbons (Fsp3) is 0.647. The van der Waals surface area contributed by atoms with E-state index in [1.54, 1.807) is 0 Å². The number of hydrogen-bond donors (Lipinski definition) is 2. The van der Waals surface area contributed by atoms with Crippen molar-refractivity contribution < 1.29 is 5.11 Å². The molecule has 2 heterocycles. The molecule has 1 atom stereocenters. The first-order valence-corrected chi connectivity index (χ1v) is 8.03. The quantitative estimate of drug-likeness (QED) is 0.863. The molecule has 3 rings (SSSR count). The number of β-amino-alcohol motifs (C(OH)–C–C–N with tert-alkyl or cyclic N) is 1. The van der Waals surface area contributed by atoms with E-state index in [1.165, 1.54) is 16.8 Å². The molecule has 2 aliphatic heterocycles. The molecule has 132 valence electrons. The van der Waals surface area contributed by atoms with Gasteiger partial charge in [0.2, 0.25) is 0 Å². The highest BCUT2D eigenvalue weighted by atomic mass is 35.5. The average Bonchev–Trinajstić information content (AvgIpc) is 2.89. The van der Waals surface area contributed by atoms with Crippen LogP contribution in [0, 0.1) is 13.8 Å². The lowest BCUT2D eigenvalue weighted by Crippen LogP contribution is -2.52. The summed E-state index contributed by atoms with van der Waals surface area (Å²) in [6.07, 6.45) is 0.879. The molecular weight excluding hydrogens is 333 g/mol. The van der Waals surface area contributed by atoms with Gasteiger partial charge in [-0.05, 0) is 44.0 Å². The molecule has 4 nitrogen and oxygen atoms in total. The molecule has 0 saturated carbocycles. The minimum absolute atomic E-state index is 0. The number of aliphatic hydroxyl groups is 1. The van der Waals surface area contributed by atoms with Crippen LogP contribution >= 0.6 is 24.8 Å². The zero-order chi connectivity index (χ0) is 14.9. The van der Waals surface area contributed by atoms with Crippen LogP contribution in [0.5, 0.6) is 0 Å². The highest BCUT2D eigenvalue weighted by molar-refractivity contribution is 5.85. The molecular formula is C17H29Cl2N3O. The number of anilines is 1. The first kappa shape index (κ1) is 20.5. The van der Waals surface area contributed by atoms with Gasteiger partial charge in [-0.2, -0.15) is 0 Å².